The van der Waals surface area contributed by atoms with Crippen LogP contribution in [0.2, 0.25) is 0 Å². The van der Waals surface area contributed by atoms with Gasteiger partial charge in [-0.15, -0.1) is 0 Å². The number of hydrogen-bond donors (Lipinski definition) is 3. The maximum Gasteiger partial charge on any atom is 0.237 e. The van der Waals surface area contributed by atoms with Gasteiger partial charge < -0.3 is 15.7 Å². The SMILES string of the molecule is Cc1ccc(O)c(CNC(C)C(=O)NC(C)C)c1. The zero-order valence-electron chi connectivity index (χ0n) is 11.4. The second-order valence-electron chi connectivity index (χ2n) is 4.90. The van der Waals surface area contributed by atoms with Crippen molar-refractivity contribution in [1.82, 2.24) is 10.6 Å². The molecule has 18 heavy (non-hydrogen) atoms. The quantitative estimate of drug-likeness (QED) is 0.745. The van der Waals surface area contributed by atoms with Gasteiger partial charge in [-0.3, -0.25) is 4.79 Å². The number of aromatic hydroxyl groups is 1. The van der Waals surface area contributed by atoms with E-state index in [9.17, 15) is 9.90 Å². The highest BCUT2D eigenvalue weighted by Crippen LogP contribution is 2.17. The molecule has 0 aliphatic rings. The van der Waals surface area contributed by atoms with E-state index >= 15 is 0 Å². The Bertz CT molecular complexity index is 416. The predicted molar refractivity (Wildman–Crippen MR) is 72.4 cm³/mol. The van der Waals surface area contributed by atoms with Crippen molar-refractivity contribution < 1.29 is 9.90 Å². The van der Waals surface area contributed by atoms with Crippen molar-refractivity contribution in [1.29, 1.82) is 0 Å². The van der Waals surface area contributed by atoms with E-state index in [0.29, 0.717) is 6.54 Å². The number of hydrogen-bond acceptors (Lipinski definition) is 3. The van der Waals surface area contributed by atoms with Gasteiger partial charge in [0.25, 0.3) is 0 Å². The van der Waals surface area contributed by atoms with Gasteiger partial charge in [-0.1, -0.05) is 17.7 Å². The first-order valence-electron chi connectivity index (χ1n) is 6.22. The summed E-state index contributed by atoms with van der Waals surface area (Å²) in [4.78, 5) is 11.7. The molecule has 0 aliphatic carbocycles. The largest absolute Gasteiger partial charge is 0.508 e. The highest BCUT2D eigenvalue weighted by Gasteiger charge is 2.13. The minimum absolute atomic E-state index is 0.0304. The Morgan fingerprint density at radius 3 is 2.61 bits per heavy atom. The monoisotopic (exact) mass is 250 g/mol. The van der Waals surface area contributed by atoms with Crippen LogP contribution in [0.5, 0.6) is 5.75 Å². The minimum Gasteiger partial charge on any atom is -0.508 e. The van der Waals surface area contributed by atoms with Gasteiger partial charge >= 0.3 is 0 Å². The number of rotatable bonds is 5. The van der Waals surface area contributed by atoms with E-state index in [1.807, 2.05) is 39.8 Å². The molecule has 0 aromatic heterocycles. The number of carbonyl (C=O) groups excluding carboxylic acids is 1. The van der Waals surface area contributed by atoms with Crippen molar-refractivity contribution in [2.45, 2.75) is 46.3 Å². The summed E-state index contributed by atoms with van der Waals surface area (Å²) in [5.41, 5.74) is 1.89. The summed E-state index contributed by atoms with van der Waals surface area (Å²) in [7, 11) is 0. The third kappa shape index (κ3) is 4.37. The molecule has 0 saturated heterocycles. The fourth-order valence-corrected chi connectivity index (χ4v) is 1.62. The first-order valence-corrected chi connectivity index (χ1v) is 6.22. The van der Waals surface area contributed by atoms with E-state index in [1.54, 1.807) is 6.07 Å². The number of carbonyl (C=O) groups is 1. The van der Waals surface area contributed by atoms with Crippen molar-refractivity contribution >= 4 is 5.91 Å². The van der Waals surface area contributed by atoms with E-state index in [1.165, 1.54) is 0 Å². The molecular formula is C14H22N2O2. The van der Waals surface area contributed by atoms with Crippen LogP contribution < -0.4 is 10.6 Å². The Morgan fingerprint density at radius 1 is 1.33 bits per heavy atom. The first kappa shape index (κ1) is 14.5. The van der Waals surface area contributed by atoms with E-state index < -0.39 is 0 Å². The Balaban J connectivity index is 2.54. The van der Waals surface area contributed by atoms with Gasteiger partial charge in [-0.05, 0) is 33.8 Å². The average molecular weight is 250 g/mol. The molecule has 1 aromatic carbocycles. The molecule has 4 heteroatoms. The van der Waals surface area contributed by atoms with Crippen LogP contribution in [0, 0.1) is 6.92 Å². The number of phenols is 1. The summed E-state index contributed by atoms with van der Waals surface area (Å²) in [5, 5.41) is 15.6. The van der Waals surface area contributed by atoms with Crippen LogP contribution in [0.15, 0.2) is 18.2 Å². The van der Waals surface area contributed by atoms with Crippen LogP contribution in [0.3, 0.4) is 0 Å². The molecule has 0 fully saturated rings. The van der Waals surface area contributed by atoms with Gasteiger partial charge in [0.05, 0.1) is 6.04 Å². The molecule has 1 atom stereocenters. The number of amides is 1. The zero-order valence-corrected chi connectivity index (χ0v) is 11.4. The lowest BCUT2D eigenvalue weighted by molar-refractivity contribution is -0.123. The molecule has 4 nitrogen and oxygen atoms in total. The highest BCUT2D eigenvalue weighted by atomic mass is 16.3. The molecule has 3 N–H and O–H groups in total. The van der Waals surface area contributed by atoms with Crippen molar-refractivity contribution in [2.24, 2.45) is 0 Å². The predicted octanol–water partition coefficient (Wildman–Crippen LogP) is 1.70. The molecule has 0 heterocycles. The van der Waals surface area contributed by atoms with E-state index in [-0.39, 0.29) is 23.7 Å². The van der Waals surface area contributed by atoms with Crippen LogP contribution in [0.25, 0.3) is 0 Å². The maximum atomic E-state index is 11.7. The van der Waals surface area contributed by atoms with E-state index in [0.717, 1.165) is 11.1 Å². The molecule has 1 amide bonds. The van der Waals surface area contributed by atoms with Gasteiger partial charge in [0.1, 0.15) is 5.75 Å². The smallest absolute Gasteiger partial charge is 0.237 e. The van der Waals surface area contributed by atoms with Crippen molar-refractivity contribution in [3.63, 3.8) is 0 Å². The van der Waals surface area contributed by atoms with Crippen molar-refractivity contribution in [2.75, 3.05) is 0 Å². The molecule has 1 aromatic rings. The molecular weight excluding hydrogens is 228 g/mol. The fraction of sp³-hybridized carbons (Fsp3) is 0.500. The Morgan fingerprint density at radius 2 is 2.00 bits per heavy atom. The van der Waals surface area contributed by atoms with Crippen LogP contribution >= 0.6 is 0 Å². The topological polar surface area (TPSA) is 61.4 Å². The fourth-order valence-electron chi connectivity index (χ4n) is 1.62. The van der Waals surface area contributed by atoms with Crippen LogP contribution in [-0.4, -0.2) is 23.1 Å². The van der Waals surface area contributed by atoms with E-state index in [2.05, 4.69) is 10.6 Å². The Kier molecular flexibility index (Phi) is 5.16. The van der Waals surface area contributed by atoms with E-state index in [4.69, 9.17) is 0 Å². The van der Waals surface area contributed by atoms with Gasteiger partial charge in [0, 0.05) is 18.2 Å². The van der Waals surface area contributed by atoms with Gasteiger partial charge in [0.15, 0.2) is 0 Å². The molecule has 0 saturated carbocycles. The number of phenolic OH excluding ortho intramolecular Hbond substituents is 1. The third-order valence-electron chi connectivity index (χ3n) is 2.66. The summed E-state index contributed by atoms with van der Waals surface area (Å²) in [6.45, 7) is 8.11. The van der Waals surface area contributed by atoms with Gasteiger partial charge in [-0.2, -0.15) is 0 Å². The average Bonchev–Trinajstić information content (AvgIpc) is 2.29. The molecule has 0 bridgehead atoms. The summed E-state index contributed by atoms with van der Waals surface area (Å²) in [6, 6.07) is 5.29. The summed E-state index contributed by atoms with van der Waals surface area (Å²) >= 11 is 0. The molecule has 0 aliphatic heterocycles. The van der Waals surface area contributed by atoms with Crippen LogP contribution in [-0.2, 0) is 11.3 Å². The van der Waals surface area contributed by atoms with Crippen molar-refractivity contribution in [3.8, 4) is 5.75 Å². The highest BCUT2D eigenvalue weighted by molar-refractivity contribution is 5.81. The van der Waals surface area contributed by atoms with Crippen molar-refractivity contribution in [3.05, 3.63) is 29.3 Å². The number of benzene rings is 1. The number of aryl methyl sites for hydroxylation is 1. The lowest BCUT2D eigenvalue weighted by Gasteiger charge is -2.16. The Labute approximate surface area is 108 Å². The zero-order chi connectivity index (χ0) is 13.7. The van der Waals surface area contributed by atoms with Gasteiger partial charge in [0.2, 0.25) is 5.91 Å². The standard InChI is InChI=1S/C14H22N2O2/c1-9(2)16-14(18)11(4)15-8-12-7-10(3)5-6-13(12)17/h5-7,9,11,15,17H,8H2,1-4H3,(H,16,18). The summed E-state index contributed by atoms with van der Waals surface area (Å²) in [5.74, 6) is 0.224. The van der Waals surface area contributed by atoms with Gasteiger partial charge in [-0.25, -0.2) is 0 Å². The summed E-state index contributed by atoms with van der Waals surface area (Å²) < 4.78 is 0. The molecule has 1 rings (SSSR count). The number of nitrogens with one attached hydrogen (secondary N) is 2. The second kappa shape index (κ2) is 6.40. The second-order valence-corrected chi connectivity index (χ2v) is 4.90. The lowest BCUT2D eigenvalue weighted by atomic mass is 10.1. The molecule has 0 radical (unpaired) electrons. The first-order chi connectivity index (χ1) is 8.40. The molecule has 0 spiro atoms. The summed E-state index contributed by atoms with van der Waals surface area (Å²) in [6.07, 6.45) is 0. The van der Waals surface area contributed by atoms with Crippen LogP contribution in [0.1, 0.15) is 31.9 Å². The minimum atomic E-state index is -0.285. The molecule has 1 unspecified atom stereocenters. The molecule has 100 valence electrons. The maximum absolute atomic E-state index is 11.7. The normalized spacial score (nSPS) is 12.5. The lowest BCUT2D eigenvalue weighted by Crippen LogP contribution is -2.44. The third-order valence-corrected chi connectivity index (χ3v) is 2.66. The van der Waals surface area contributed by atoms with Crippen LogP contribution in [0.4, 0.5) is 0 Å². The Hall–Kier alpha value is -1.55.